The van der Waals surface area contributed by atoms with Gasteiger partial charge in [-0.15, -0.1) is 10.2 Å². The molecule has 0 saturated carbocycles. The van der Waals surface area contributed by atoms with E-state index in [2.05, 4.69) is 15.4 Å². The molecule has 1 atom stereocenters. The lowest BCUT2D eigenvalue weighted by atomic mass is 9.95. The monoisotopic (exact) mass is 266 g/mol. The average molecular weight is 267 g/mol. The summed E-state index contributed by atoms with van der Waals surface area (Å²) in [6.07, 6.45) is -0.105. The molecular weight excluding hydrogens is 256 g/mol. The molecule has 2 aromatic rings. The van der Waals surface area contributed by atoms with Crippen molar-refractivity contribution in [1.82, 2.24) is 20.2 Å². The van der Waals surface area contributed by atoms with Gasteiger partial charge in [-0.2, -0.15) is 4.80 Å². The van der Waals surface area contributed by atoms with Crippen LogP contribution in [0.5, 0.6) is 0 Å². The van der Waals surface area contributed by atoms with Gasteiger partial charge in [0.25, 0.3) is 0 Å². The third kappa shape index (κ3) is 2.84. The van der Waals surface area contributed by atoms with Crippen LogP contribution < -0.4 is 0 Å². The topological polar surface area (TPSA) is 80.9 Å². The van der Waals surface area contributed by atoms with E-state index in [4.69, 9.17) is 16.7 Å². The van der Waals surface area contributed by atoms with Crippen molar-refractivity contribution in [3.05, 3.63) is 40.7 Å². The number of halogens is 1. The maximum Gasteiger partial charge on any atom is 0.304 e. The van der Waals surface area contributed by atoms with Crippen molar-refractivity contribution < 1.29 is 9.90 Å². The SMILES string of the molecule is Cn1nnc(C(CC(=O)O)c2cccc(Cl)c2)n1. The van der Waals surface area contributed by atoms with Gasteiger partial charge in [0, 0.05) is 5.02 Å². The second-order valence-electron chi connectivity index (χ2n) is 3.84. The summed E-state index contributed by atoms with van der Waals surface area (Å²) in [4.78, 5) is 12.2. The minimum Gasteiger partial charge on any atom is -0.481 e. The summed E-state index contributed by atoms with van der Waals surface area (Å²) in [5, 5.41) is 21.2. The Labute approximate surface area is 108 Å². The fourth-order valence-electron chi connectivity index (χ4n) is 1.69. The van der Waals surface area contributed by atoms with Crippen LogP contribution in [0, 0.1) is 0 Å². The highest BCUT2D eigenvalue weighted by Gasteiger charge is 2.22. The Kier molecular flexibility index (Phi) is 3.57. The molecule has 0 aliphatic heterocycles. The van der Waals surface area contributed by atoms with Gasteiger partial charge in [-0.05, 0) is 22.9 Å². The molecule has 1 aromatic carbocycles. The van der Waals surface area contributed by atoms with Crippen LogP contribution in [0.2, 0.25) is 5.02 Å². The highest BCUT2D eigenvalue weighted by atomic mass is 35.5. The molecule has 1 heterocycles. The quantitative estimate of drug-likeness (QED) is 0.906. The van der Waals surface area contributed by atoms with Crippen molar-refractivity contribution >= 4 is 17.6 Å². The minimum atomic E-state index is -0.924. The molecular formula is C11H11ClN4O2. The molecule has 1 unspecified atom stereocenters. The van der Waals surface area contributed by atoms with E-state index in [9.17, 15) is 4.79 Å². The normalized spacial score (nSPS) is 12.3. The largest absolute Gasteiger partial charge is 0.481 e. The summed E-state index contributed by atoms with van der Waals surface area (Å²) >= 11 is 5.91. The zero-order valence-electron chi connectivity index (χ0n) is 9.62. The molecule has 2 rings (SSSR count). The first kappa shape index (κ1) is 12.5. The first-order valence-corrected chi connectivity index (χ1v) is 5.65. The van der Waals surface area contributed by atoms with E-state index < -0.39 is 11.9 Å². The number of aryl methyl sites for hydroxylation is 1. The summed E-state index contributed by atoms with van der Waals surface area (Å²) in [5.74, 6) is -0.996. The van der Waals surface area contributed by atoms with E-state index in [-0.39, 0.29) is 6.42 Å². The molecule has 0 bridgehead atoms. The molecule has 0 spiro atoms. The molecule has 0 aliphatic carbocycles. The van der Waals surface area contributed by atoms with Crippen LogP contribution in [0.25, 0.3) is 0 Å². The summed E-state index contributed by atoms with van der Waals surface area (Å²) in [6.45, 7) is 0. The van der Waals surface area contributed by atoms with Crippen molar-refractivity contribution in [2.24, 2.45) is 7.05 Å². The van der Waals surface area contributed by atoms with Gasteiger partial charge in [-0.1, -0.05) is 23.7 Å². The molecule has 0 aliphatic rings. The van der Waals surface area contributed by atoms with Gasteiger partial charge in [-0.25, -0.2) is 0 Å². The Hall–Kier alpha value is -1.95. The Balaban J connectivity index is 2.39. The third-order valence-electron chi connectivity index (χ3n) is 2.47. The van der Waals surface area contributed by atoms with Crippen LogP contribution in [-0.2, 0) is 11.8 Å². The summed E-state index contributed by atoms with van der Waals surface area (Å²) < 4.78 is 0. The van der Waals surface area contributed by atoms with E-state index in [1.807, 2.05) is 0 Å². The van der Waals surface area contributed by atoms with Crippen LogP contribution in [-0.4, -0.2) is 31.3 Å². The fourth-order valence-corrected chi connectivity index (χ4v) is 1.89. The van der Waals surface area contributed by atoms with E-state index in [0.29, 0.717) is 10.8 Å². The summed E-state index contributed by atoms with van der Waals surface area (Å²) in [7, 11) is 1.63. The summed E-state index contributed by atoms with van der Waals surface area (Å²) in [6, 6.07) is 7.01. The third-order valence-corrected chi connectivity index (χ3v) is 2.70. The van der Waals surface area contributed by atoms with Gasteiger partial charge in [0.05, 0.1) is 19.4 Å². The van der Waals surface area contributed by atoms with Crippen LogP contribution in [0.15, 0.2) is 24.3 Å². The molecule has 0 amide bonds. The number of aliphatic carboxylic acids is 1. The number of aromatic nitrogens is 4. The number of tetrazole rings is 1. The molecule has 94 valence electrons. The van der Waals surface area contributed by atoms with Crippen LogP contribution in [0.4, 0.5) is 0 Å². The van der Waals surface area contributed by atoms with E-state index >= 15 is 0 Å². The van der Waals surface area contributed by atoms with E-state index in [1.54, 1.807) is 31.3 Å². The molecule has 18 heavy (non-hydrogen) atoms. The minimum absolute atomic E-state index is 0.105. The lowest BCUT2D eigenvalue weighted by Crippen LogP contribution is -2.10. The second kappa shape index (κ2) is 5.14. The van der Waals surface area contributed by atoms with Crippen molar-refractivity contribution in [3.63, 3.8) is 0 Å². The van der Waals surface area contributed by atoms with Gasteiger partial charge in [0.2, 0.25) is 0 Å². The number of nitrogens with zero attached hydrogens (tertiary/aromatic N) is 4. The molecule has 6 nitrogen and oxygen atoms in total. The van der Waals surface area contributed by atoms with Crippen LogP contribution in [0.3, 0.4) is 0 Å². The van der Waals surface area contributed by atoms with E-state index in [1.165, 1.54) is 4.80 Å². The first-order chi connectivity index (χ1) is 8.56. The Morgan fingerprint density at radius 3 is 2.89 bits per heavy atom. The molecule has 0 fully saturated rings. The predicted octanol–water partition coefficient (Wildman–Crippen LogP) is 1.47. The number of benzene rings is 1. The zero-order valence-corrected chi connectivity index (χ0v) is 10.4. The summed E-state index contributed by atoms with van der Waals surface area (Å²) in [5.41, 5.74) is 0.762. The fraction of sp³-hybridized carbons (Fsp3) is 0.273. The van der Waals surface area contributed by atoms with Gasteiger partial charge in [0.15, 0.2) is 5.82 Å². The van der Waals surface area contributed by atoms with Crippen molar-refractivity contribution in [3.8, 4) is 0 Å². The van der Waals surface area contributed by atoms with Crippen molar-refractivity contribution in [2.75, 3.05) is 0 Å². The predicted molar refractivity (Wildman–Crippen MR) is 64.3 cm³/mol. The first-order valence-electron chi connectivity index (χ1n) is 5.27. The second-order valence-corrected chi connectivity index (χ2v) is 4.28. The lowest BCUT2D eigenvalue weighted by Gasteiger charge is -2.11. The highest BCUT2D eigenvalue weighted by molar-refractivity contribution is 6.30. The zero-order chi connectivity index (χ0) is 13.1. The Morgan fingerprint density at radius 2 is 2.33 bits per heavy atom. The number of carbonyl (C=O) groups is 1. The average Bonchev–Trinajstić information content (AvgIpc) is 2.72. The molecule has 0 radical (unpaired) electrons. The highest BCUT2D eigenvalue weighted by Crippen LogP contribution is 2.26. The van der Waals surface area contributed by atoms with Crippen molar-refractivity contribution in [2.45, 2.75) is 12.3 Å². The smallest absolute Gasteiger partial charge is 0.304 e. The Bertz CT molecular complexity index is 570. The van der Waals surface area contributed by atoms with Gasteiger partial charge in [-0.3, -0.25) is 4.79 Å². The van der Waals surface area contributed by atoms with Gasteiger partial charge < -0.3 is 5.11 Å². The maximum atomic E-state index is 10.9. The van der Waals surface area contributed by atoms with Crippen LogP contribution >= 0.6 is 11.6 Å². The van der Waals surface area contributed by atoms with Crippen molar-refractivity contribution in [1.29, 1.82) is 0 Å². The number of carboxylic acid groups (broad SMARTS) is 1. The van der Waals surface area contributed by atoms with Crippen LogP contribution in [0.1, 0.15) is 23.7 Å². The number of rotatable bonds is 4. The maximum absolute atomic E-state index is 10.9. The van der Waals surface area contributed by atoms with Gasteiger partial charge in [0.1, 0.15) is 0 Å². The number of hydrogen-bond acceptors (Lipinski definition) is 4. The number of hydrogen-bond donors (Lipinski definition) is 1. The number of carboxylic acids is 1. The van der Waals surface area contributed by atoms with E-state index in [0.717, 1.165) is 5.56 Å². The Morgan fingerprint density at radius 1 is 1.56 bits per heavy atom. The molecule has 1 N–H and O–H groups in total. The molecule has 1 aromatic heterocycles. The lowest BCUT2D eigenvalue weighted by molar-refractivity contribution is -0.137. The molecule has 7 heteroatoms. The standard InChI is InChI=1S/C11H11ClN4O2/c1-16-14-11(13-15-16)9(6-10(17)18)7-3-2-4-8(12)5-7/h2-5,9H,6H2,1H3,(H,17,18). The molecule has 0 saturated heterocycles. The van der Waals surface area contributed by atoms with Gasteiger partial charge >= 0.3 is 5.97 Å².